The number of hydrogen-bond donors (Lipinski definition) is 1. The van der Waals surface area contributed by atoms with Crippen LogP contribution in [0.25, 0.3) is 0 Å². The third-order valence-electron chi connectivity index (χ3n) is 2.13. The van der Waals surface area contributed by atoms with E-state index in [4.69, 9.17) is 10.5 Å². The Balaban J connectivity index is 2.24. The molecule has 2 rings (SSSR count). The van der Waals surface area contributed by atoms with Crippen LogP contribution in [-0.2, 0) is 0 Å². The Morgan fingerprint density at radius 3 is 2.71 bits per heavy atom. The number of rotatable bonds is 3. The van der Waals surface area contributed by atoms with E-state index >= 15 is 0 Å². The number of aliphatic imine (C=N–C) groups is 1. The summed E-state index contributed by atoms with van der Waals surface area (Å²) >= 11 is 0. The Morgan fingerprint density at radius 2 is 2.12 bits per heavy atom. The molecule has 86 valence electrons. The molecule has 0 saturated heterocycles. The van der Waals surface area contributed by atoms with Crippen molar-refractivity contribution >= 4 is 11.7 Å². The maximum absolute atomic E-state index is 5.85. The molecular formula is C12H12N4O. The van der Waals surface area contributed by atoms with Gasteiger partial charge in [0.2, 0.25) is 5.88 Å². The Kier molecular flexibility index (Phi) is 3.30. The first-order valence-corrected chi connectivity index (χ1v) is 5.05. The summed E-state index contributed by atoms with van der Waals surface area (Å²) in [6.07, 6.45) is 3.28. The lowest BCUT2D eigenvalue weighted by molar-refractivity contribution is 0.398. The molecule has 0 fully saturated rings. The van der Waals surface area contributed by atoms with Gasteiger partial charge in [0, 0.05) is 24.0 Å². The first kappa shape index (κ1) is 11.1. The zero-order valence-corrected chi connectivity index (χ0v) is 9.37. The molecule has 5 heteroatoms. The summed E-state index contributed by atoms with van der Waals surface area (Å²) in [5, 5.41) is 0. The number of nitrogens with zero attached hydrogens (tertiary/aromatic N) is 3. The van der Waals surface area contributed by atoms with Crippen LogP contribution < -0.4 is 10.5 Å². The van der Waals surface area contributed by atoms with Gasteiger partial charge in [-0.25, -0.2) is 15.0 Å². The quantitative estimate of drug-likeness (QED) is 0.638. The maximum atomic E-state index is 5.85. The second kappa shape index (κ2) is 5.07. The highest BCUT2D eigenvalue weighted by atomic mass is 16.5. The lowest BCUT2D eigenvalue weighted by Crippen LogP contribution is -2.13. The number of ether oxygens (including phenoxy) is 1. The van der Waals surface area contributed by atoms with Crippen LogP contribution in [-0.4, -0.2) is 22.9 Å². The molecule has 2 heterocycles. The largest absolute Gasteiger partial charge is 0.481 e. The molecule has 0 spiro atoms. The van der Waals surface area contributed by atoms with Crippen LogP contribution in [0, 0.1) is 0 Å². The van der Waals surface area contributed by atoms with Gasteiger partial charge in [0.15, 0.2) is 5.82 Å². The van der Waals surface area contributed by atoms with Crippen LogP contribution >= 0.6 is 0 Å². The minimum Gasteiger partial charge on any atom is -0.481 e. The average molecular weight is 228 g/mol. The van der Waals surface area contributed by atoms with E-state index < -0.39 is 0 Å². The SMILES string of the molecule is COc1ccc(/C(N)=N\c2ccccn2)cn1. The van der Waals surface area contributed by atoms with Crippen LogP contribution in [0.3, 0.4) is 0 Å². The van der Waals surface area contributed by atoms with E-state index in [1.54, 1.807) is 37.7 Å². The van der Waals surface area contributed by atoms with Crippen LogP contribution in [0.5, 0.6) is 5.88 Å². The van der Waals surface area contributed by atoms with Crippen LogP contribution in [0.15, 0.2) is 47.7 Å². The summed E-state index contributed by atoms with van der Waals surface area (Å²) in [7, 11) is 1.56. The Labute approximate surface area is 99.0 Å². The molecule has 0 atom stereocenters. The van der Waals surface area contributed by atoms with Crippen molar-refractivity contribution in [2.75, 3.05) is 7.11 Å². The number of amidine groups is 1. The van der Waals surface area contributed by atoms with Crippen molar-refractivity contribution in [3.63, 3.8) is 0 Å². The van der Waals surface area contributed by atoms with Crippen LogP contribution in [0.1, 0.15) is 5.56 Å². The monoisotopic (exact) mass is 228 g/mol. The van der Waals surface area contributed by atoms with E-state index in [0.717, 1.165) is 5.56 Å². The van der Waals surface area contributed by atoms with Gasteiger partial charge in [0.1, 0.15) is 5.84 Å². The molecule has 0 radical (unpaired) electrons. The molecule has 2 aromatic rings. The lowest BCUT2D eigenvalue weighted by Gasteiger charge is -2.01. The van der Waals surface area contributed by atoms with Gasteiger partial charge in [0.25, 0.3) is 0 Å². The summed E-state index contributed by atoms with van der Waals surface area (Å²) in [4.78, 5) is 12.3. The van der Waals surface area contributed by atoms with E-state index in [1.165, 1.54) is 0 Å². The normalized spacial score (nSPS) is 11.2. The third-order valence-corrected chi connectivity index (χ3v) is 2.13. The van der Waals surface area contributed by atoms with Crippen molar-refractivity contribution < 1.29 is 4.74 Å². The smallest absolute Gasteiger partial charge is 0.212 e. The van der Waals surface area contributed by atoms with E-state index in [-0.39, 0.29) is 0 Å². The van der Waals surface area contributed by atoms with E-state index in [0.29, 0.717) is 17.5 Å². The first-order chi connectivity index (χ1) is 8.29. The summed E-state index contributed by atoms with van der Waals surface area (Å²) in [6.45, 7) is 0. The third kappa shape index (κ3) is 2.78. The molecular weight excluding hydrogens is 216 g/mol. The molecule has 2 N–H and O–H groups in total. The van der Waals surface area contributed by atoms with Gasteiger partial charge in [0.05, 0.1) is 7.11 Å². The minimum atomic E-state index is 0.374. The fourth-order valence-electron chi connectivity index (χ4n) is 1.26. The van der Waals surface area contributed by atoms with Crippen molar-refractivity contribution in [2.45, 2.75) is 0 Å². The van der Waals surface area contributed by atoms with Crippen molar-refractivity contribution in [2.24, 2.45) is 10.7 Å². The Hall–Kier alpha value is -2.43. The van der Waals surface area contributed by atoms with Gasteiger partial charge in [-0.3, -0.25) is 0 Å². The number of pyridine rings is 2. The number of hydrogen-bond acceptors (Lipinski definition) is 4. The fraction of sp³-hybridized carbons (Fsp3) is 0.0833. The predicted octanol–water partition coefficient (Wildman–Crippen LogP) is 1.52. The Bertz CT molecular complexity index is 508. The van der Waals surface area contributed by atoms with Crippen molar-refractivity contribution in [3.05, 3.63) is 48.3 Å². The summed E-state index contributed by atoms with van der Waals surface area (Å²) in [6, 6.07) is 8.99. The summed E-state index contributed by atoms with van der Waals surface area (Å²) in [5.41, 5.74) is 6.58. The van der Waals surface area contributed by atoms with Crippen LogP contribution in [0.2, 0.25) is 0 Å². The van der Waals surface area contributed by atoms with Gasteiger partial charge >= 0.3 is 0 Å². The second-order valence-corrected chi connectivity index (χ2v) is 3.27. The molecule has 0 amide bonds. The fourth-order valence-corrected chi connectivity index (χ4v) is 1.26. The molecule has 0 aliphatic rings. The zero-order chi connectivity index (χ0) is 12.1. The number of nitrogens with two attached hydrogens (primary N) is 1. The topological polar surface area (TPSA) is 73.4 Å². The molecule has 0 aromatic carbocycles. The van der Waals surface area contributed by atoms with Crippen molar-refractivity contribution in [1.29, 1.82) is 0 Å². The van der Waals surface area contributed by atoms with Gasteiger partial charge in [-0.15, -0.1) is 0 Å². The molecule has 0 bridgehead atoms. The van der Waals surface area contributed by atoms with Gasteiger partial charge in [-0.1, -0.05) is 6.07 Å². The van der Waals surface area contributed by atoms with Crippen molar-refractivity contribution in [1.82, 2.24) is 9.97 Å². The highest BCUT2D eigenvalue weighted by Crippen LogP contribution is 2.10. The maximum Gasteiger partial charge on any atom is 0.212 e. The minimum absolute atomic E-state index is 0.374. The second-order valence-electron chi connectivity index (χ2n) is 3.27. The highest BCUT2D eigenvalue weighted by molar-refractivity contribution is 5.98. The molecule has 0 saturated carbocycles. The van der Waals surface area contributed by atoms with E-state index in [1.807, 2.05) is 12.1 Å². The van der Waals surface area contributed by atoms with Gasteiger partial charge in [-0.2, -0.15) is 0 Å². The average Bonchev–Trinajstić information content (AvgIpc) is 2.40. The first-order valence-electron chi connectivity index (χ1n) is 5.05. The van der Waals surface area contributed by atoms with Crippen LogP contribution in [0.4, 0.5) is 5.82 Å². The molecule has 0 aliphatic carbocycles. The summed E-state index contributed by atoms with van der Waals surface area (Å²) in [5.74, 6) is 1.49. The predicted molar refractivity (Wildman–Crippen MR) is 65.4 cm³/mol. The molecule has 0 unspecified atom stereocenters. The molecule has 2 aromatic heterocycles. The zero-order valence-electron chi connectivity index (χ0n) is 9.37. The highest BCUT2D eigenvalue weighted by Gasteiger charge is 2.00. The molecule has 17 heavy (non-hydrogen) atoms. The Morgan fingerprint density at radius 1 is 1.24 bits per heavy atom. The standard InChI is InChI=1S/C12H12N4O/c1-17-11-6-5-9(8-15-11)12(13)16-10-4-2-3-7-14-10/h2-8H,1H3,(H2,13,14,16). The number of methoxy groups -OCH3 is 1. The lowest BCUT2D eigenvalue weighted by atomic mass is 10.2. The van der Waals surface area contributed by atoms with Gasteiger partial charge < -0.3 is 10.5 Å². The molecule has 5 nitrogen and oxygen atoms in total. The summed E-state index contributed by atoms with van der Waals surface area (Å²) < 4.78 is 4.96. The van der Waals surface area contributed by atoms with E-state index in [2.05, 4.69) is 15.0 Å². The number of aromatic nitrogens is 2. The molecule has 0 aliphatic heterocycles. The van der Waals surface area contributed by atoms with Crippen molar-refractivity contribution in [3.8, 4) is 5.88 Å². The van der Waals surface area contributed by atoms with E-state index in [9.17, 15) is 0 Å². The van der Waals surface area contributed by atoms with Gasteiger partial charge in [-0.05, 0) is 18.2 Å².